The zero-order valence-corrected chi connectivity index (χ0v) is 14.5. The first-order valence-electron chi connectivity index (χ1n) is 7.58. The summed E-state index contributed by atoms with van der Waals surface area (Å²) in [6.45, 7) is 2.50. The fourth-order valence-electron chi connectivity index (χ4n) is 2.51. The molecule has 0 radical (unpaired) electrons. The average Bonchev–Trinajstić information content (AvgIpc) is 2.65. The second-order valence-electron chi connectivity index (χ2n) is 5.18. The minimum atomic E-state index is 0.0931. The van der Waals surface area contributed by atoms with Crippen LogP contribution in [-0.4, -0.2) is 67.1 Å². The first-order valence-corrected chi connectivity index (χ1v) is 8.56. The monoisotopic (exact) mass is 349 g/mol. The normalized spacial score (nSPS) is 14.7. The Hall–Kier alpha value is -2.06. The van der Waals surface area contributed by atoms with Crippen molar-refractivity contribution in [1.29, 1.82) is 0 Å². The largest absolute Gasteiger partial charge is 0.493 e. The van der Waals surface area contributed by atoms with E-state index in [-0.39, 0.29) is 5.91 Å². The van der Waals surface area contributed by atoms with Crippen molar-refractivity contribution in [3.05, 3.63) is 18.5 Å². The summed E-state index contributed by atoms with van der Waals surface area (Å²) in [5.74, 6) is 1.65. The first kappa shape index (κ1) is 16.8. The smallest absolute Gasteiger partial charge is 0.233 e. The van der Waals surface area contributed by atoms with Crippen LogP contribution in [0.2, 0.25) is 0 Å². The van der Waals surface area contributed by atoms with Crippen molar-refractivity contribution in [2.45, 2.75) is 5.03 Å². The molecule has 2 aromatic rings. The molecule has 0 bridgehead atoms. The van der Waals surface area contributed by atoms with Gasteiger partial charge in [-0.3, -0.25) is 4.79 Å². The van der Waals surface area contributed by atoms with Gasteiger partial charge >= 0.3 is 0 Å². The topological polar surface area (TPSA) is 73.8 Å². The van der Waals surface area contributed by atoms with Crippen LogP contribution in [0.5, 0.6) is 11.5 Å². The molecule has 0 spiro atoms. The summed E-state index contributed by atoms with van der Waals surface area (Å²) in [7, 11) is 3.17. The summed E-state index contributed by atoms with van der Waals surface area (Å²) in [5, 5.41) is 1.59. The van der Waals surface area contributed by atoms with Crippen molar-refractivity contribution in [2.24, 2.45) is 0 Å². The predicted octanol–water partition coefficient (Wildman–Crippen LogP) is 1.60. The van der Waals surface area contributed by atoms with Gasteiger partial charge in [0, 0.05) is 24.5 Å². The number of carbonyl (C=O) groups is 1. The van der Waals surface area contributed by atoms with Crippen molar-refractivity contribution in [3.63, 3.8) is 0 Å². The molecular formula is C16H19N3O4S. The van der Waals surface area contributed by atoms with Crippen LogP contribution in [-0.2, 0) is 9.53 Å². The molecule has 2 heterocycles. The lowest BCUT2D eigenvalue weighted by Crippen LogP contribution is -2.41. The number of hydrogen-bond donors (Lipinski definition) is 0. The van der Waals surface area contributed by atoms with E-state index in [1.807, 2.05) is 17.0 Å². The standard InChI is InChI=1S/C16H19N3O4S/c1-21-13-7-11-12(8-14(13)22-2)17-10-18-16(11)24-9-15(20)19-3-5-23-6-4-19/h7-8,10H,3-6,9H2,1-2H3. The van der Waals surface area contributed by atoms with E-state index in [0.717, 1.165) is 15.9 Å². The molecule has 0 N–H and O–H groups in total. The second kappa shape index (κ2) is 7.67. The highest BCUT2D eigenvalue weighted by atomic mass is 32.2. The molecule has 128 valence electrons. The van der Waals surface area contributed by atoms with Crippen molar-refractivity contribution < 1.29 is 19.0 Å². The Bertz CT molecular complexity index is 735. The fraction of sp³-hybridized carbons (Fsp3) is 0.438. The van der Waals surface area contributed by atoms with Gasteiger partial charge in [-0.1, -0.05) is 11.8 Å². The molecule has 0 aliphatic carbocycles. The van der Waals surface area contributed by atoms with Gasteiger partial charge in [0.2, 0.25) is 5.91 Å². The molecule has 1 fully saturated rings. The van der Waals surface area contributed by atoms with Gasteiger partial charge in [-0.25, -0.2) is 9.97 Å². The van der Waals surface area contributed by atoms with Crippen molar-refractivity contribution in [3.8, 4) is 11.5 Å². The number of hydrogen-bond acceptors (Lipinski definition) is 7. The summed E-state index contributed by atoms with van der Waals surface area (Å²) in [6, 6.07) is 3.65. The maximum atomic E-state index is 12.3. The Morgan fingerprint density at radius 2 is 1.92 bits per heavy atom. The van der Waals surface area contributed by atoms with E-state index in [1.54, 1.807) is 14.2 Å². The molecule has 1 amide bonds. The number of nitrogens with zero attached hydrogens (tertiary/aromatic N) is 3. The maximum Gasteiger partial charge on any atom is 0.233 e. The summed E-state index contributed by atoms with van der Waals surface area (Å²) < 4.78 is 15.9. The minimum Gasteiger partial charge on any atom is -0.493 e. The third-order valence-corrected chi connectivity index (χ3v) is 4.79. The highest BCUT2D eigenvalue weighted by molar-refractivity contribution is 8.00. The number of methoxy groups -OCH3 is 2. The number of benzene rings is 1. The van der Waals surface area contributed by atoms with E-state index < -0.39 is 0 Å². The molecule has 0 unspecified atom stereocenters. The van der Waals surface area contributed by atoms with Crippen LogP contribution in [0, 0.1) is 0 Å². The van der Waals surface area contributed by atoms with E-state index in [2.05, 4.69) is 9.97 Å². The highest BCUT2D eigenvalue weighted by Gasteiger charge is 2.18. The van der Waals surface area contributed by atoms with Crippen LogP contribution < -0.4 is 9.47 Å². The Kier molecular flexibility index (Phi) is 5.37. The van der Waals surface area contributed by atoms with E-state index in [9.17, 15) is 4.79 Å². The van der Waals surface area contributed by atoms with Gasteiger partial charge in [0.15, 0.2) is 11.5 Å². The summed E-state index contributed by atoms with van der Waals surface area (Å²) in [4.78, 5) is 22.7. The van der Waals surface area contributed by atoms with Gasteiger partial charge in [0.25, 0.3) is 0 Å². The second-order valence-corrected chi connectivity index (χ2v) is 6.15. The number of morpholine rings is 1. The first-order chi connectivity index (χ1) is 11.7. The quantitative estimate of drug-likeness (QED) is 0.599. The number of ether oxygens (including phenoxy) is 3. The maximum absolute atomic E-state index is 12.3. The predicted molar refractivity (Wildman–Crippen MR) is 90.8 cm³/mol. The SMILES string of the molecule is COc1cc2ncnc(SCC(=O)N3CCOCC3)c2cc1OC. The summed E-state index contributed by atoms with van der Waals surface area (Å²) >= 11 is 1.40. The van der Waals surface area contributed by atoms with Crippen molar-refractivity contribution >= 4 is 28.6 Å². The number of amides is 1. The van der Waals surface area contributed by atoms with Gasteiger partial charge in [0.1, 0.15) is 11.4 Å². The van der Waals surface area contributed by atoms with Crippen LogP contribution in [0.4, 0.5) is 0 Å². The Balaban J connectivity index is 1.80. The average molecular weight is 349 g/mol. The van der Waals surface area contributed by atoms with Crippen molar-refractivity contribution in [1.82, 2.24) is 14.9 Å². The van der Waals surface area contributed by atoms with Crippen LogP contribution in [0.15, 0.2) is 23.5 Å². The van der Waals surface area contributed by atoms with Gasteiger partial charge in [-0.15, -0.1) is 0 Å². The number of aromatic nitrogens is 2. The lowest BCUT2D eigenvalue weighted by molar-refractivity contribution is -0.132. The molecule has 7 nitrogen and oxygen atoms in total. The molecule has 24 heavy (non-hydrogen) atoms. The third kappa shape index (κ3) is 3.54. The zero-order valence-electron chi connectivity index (χ0n) is 13.7. The Labute approximate surface area is 144 Å². The minimum absolute atomic E-state index is 0.0931. The Morgan fingerprint density at radius 1 is 1.21 bits per heavy atom. The van der Waals surface area contributed by atoms with E-state index in [1.165, 1.54) is 18.1 Å². The number of thioether (sulfide) groups is 1. The van der Waals surface area contributed by atoms with Gasteiger partial charge in [-0.05, 0) is 6.07 Å². The zero-order chi connectivity index (χ0) is 16.9. The summed E-state index contributed by atoms with van der Waals surface area (Å²) in [5.41, 5.74) is 0.754. The van der Waals surface area contributed by atoms with Gasteiger partial charge < -0.3 is 19.1 Å². The van der Waals surface area contributed by atoms with Gasteiger partial charge in [-0.2, -0.15) is 0 Å². The molecule has 1 aromatic heterocycles. The molecule has 1 saturated heterocycles. The lowest BCUT2D eigenvalue weighted by atomic mass is 10.2. The molecule has 1 aromatic carbocycles. The lowest BCUT2D eigenvalue weighted by Gasteiger charge is -2.26. The molecule has 0 saturated carbocycles. The molecule has 1 aliphatic rings. The molecule has 1 aliphatic heterocycles. The van der Waals surface area contributed by atoms with Gasteiger partial charge in [0.05, 0.1) is 38.7 Å². The van der Waals surface area contributed by atoms with E-state index >= 15 is 0 Å². The van der Waals surface area contributed by atoms with Crippen LogP contribution in [0.25, 0.3) is 10.9 Å². The summed E-state index contributed by atoms with van der Waals surface area (Å²) in [6.07, 6.45) is 1.50. The number of carbonyl (C=O) groups excluding carboxylic acids is 1. The molecule has 3 rings (SSSR count). The molecular weight excluding hydrogens is 330 g/mol. The van der Waals surface area contributed by atoms with Crippen LogP contribution in [0.1, 0.15) is 0 Å². The molecule has 8 heteroatoms. The molecule has 0 atom stereocenters. The van der Waals surface area contributed by atoms with Crippen LogP contribution in [0.3, 0.4) is 0 Å². The van der Waals surface area contributed by atoms with Crippen LogP contribution >= 0.6 is 11.8 Å². The fourth-order valence-corrected chi connectivity index (χ4v) is 3.39. The van der Waals surface area contributed by atoms with E-state index in [0.29, 0.717) is 43.6 Å². The number of fused-ring (bicyclic) bond motifs is 1. The Morgan fingerprint density at radius 3 is 2.62 bits per heavy atom. The van der Waals surface area contributed by atoms with E-state index in [4.69, 9.17) is 14.2 Å². The third-order valence-electron chi connectivity index (χ3n) is 3.80. The highest BCUT2D eigenvalue weighted by Crippen LogP contribution is 2.34. The number of rotatable bonds is 5. The van der Waals surface area contributed by atoms with Crippen molar-refractivity contribution in [2.75, 3.05) is 46.3 Å².